The lowest BCUT2D eigenvalue weighted by Gasteiger charge is -2.26. The number of benzene rings is 4. The Morgan fingerprint density at radius 2 is 0.897 bits per heavy atom. The Hall–Kier alpha value is -6.04. The number of nitrogens with one attached hydrogen (secondary N) is 2. The zero-order valence-corrected chi connectivity index (χ0v) is 33.6. The second-order valence-electron chi connectivity index (χ2n) is 15.7. The van der Waals surface area contributed by atoms with Crippen LogP contribution in [-0.2, 0) is 14.2 Å². The van der Waals surface area contributed by atoms with E-state index in [2.05, 4.69) is 59.2 Å². The third kappa shape index (κ3) is 10.7. The van der Waals surface area contributed by atoms with Gasteiger partial charge in [0.05, 0.1) is 0 Å². The van der Waals surface area contributed by atoms with Crippen molar-refractivity contribution >= 4 is 24.4 Å². The molecule has 0 heterocycles. The molecule has 12 heteroatoms. The van der Waals surface area contributed by atoms with Crippen molar-refractivity contribution in [2.45, 2.75) is 63.9 Å². The quantitative estimate of drug-likeness (QED) is 0.0711. The van der Waals surface area contributed by atoms with Crippen LogP contribution in [0, 0.1) is 0 Å². The molecule has 306 valence electrons. The summed E-state index contributed by atoms with van der Waals surface area (Å²) in [5.74, 6) is -0.184. The number of unbranched alkanes of at least 4 members (excludes halogenated alkanes) is 1. The number of fused-ring (bicyclic) bond motifs is 6. The van der Waals surface area contributed by atoms with E-state index in [-0.39, 0.29) is 31.6 Å². The molecular weight excluding hydrogens is 737 g/mol. The number of alkyl carbamates (subject to hydrolysis) is 1. The molecule has 0 atom stereocenters. The number of carboxylic acid groups (broad SMARTS) is 1. The first-order chi connectivity index (χ1) is 28.0. The molecule has 4 aromatic carbocycles. The van der Waals surface area contributed by atoms with Crippen LogP contribution in [0.5, 0.6) is 0 Å². The minimum atomic E-state index is -1.12. The summed E-state index contributed by atoms with van der Waals surface area (Å²) in [5, 5.41) is 14.2. The van der Waals surface area contributed by atoms with E-state index in [0.717, 1.165) is 44.5 Å². The van der Waals surface area contributed by atoms with E-state index in [4.69, 9.17) is 19.3 Å². The van der Waals surface area contributed by atoms with E-state index in [1.165, 1.54) is 0 Å². The number of ether oxygens (including phenoxy) is 3. The van der Waals surface area contributed by atoms with Gasteiger partial charge in [-0.25, -0.2) is 19.2 Å². The van der Waals surface area contributed by atoms with Gasteiger partial charge >= 0.3 is 24.4 Å². The van der Waals surface area contributed by atoms with Gasteiger partial charge in [0, 0.05) is 51.1 Å². The van der Waals surface area contributed by atoms with Gasteiger partial charge in [0.1, 0.15) is 18.8 Å². The maximum absolute atomic E-state index is 13.7. The molecule has 0 radical (unpaired) electrons. The van der Waals surface area contributed by atoms with Crippen LogP contribution < -0.4 is 10.6 Å². The van der Waals surface area contributed by atoms with Gasteiger partial charge in [-0.3, -0.25) is 0 Å². The number of rotatable bonds is 17. The maximum Gasteiger partial charge on any atom is 0.409 e. The van der Waals surface area contributed by atoms with Crippen LogP contribution in [-0.4, -0.2) is 97.4 Å². The van der Waals surface area contributed by atoms with Gasteiger partial charge in [-0.05, 0) is 91.0 Å². The minimum absolute atomic E-state index is 0.0894. The van der Waals surface area contributed by atoms with Crippen LogP contribution >= 0.6 is 0 Å². The zero-order valence-electron chi connectivity index (χ0n) is 33.6. The van der Waals surface area contributed by atoms with Crippen molar-refractivity contribution in [1.82, 2.24) is 20.4 Å². The predicted molar refractivity (Wildman–Crippen MR) is 222 cm³/mol. The number of hydrogen-bond donors (Lipinski definition) is 3. The molecule has 2 aliphatic rings. The largest absolute Gasteiger partial charge is 0.465 e. The zero-order chi connectivity index (χ0) is 41.1. The molecule has 3 N–H and O–H groups in total. The van der Waals surface area contributed by atoms with Crippen molar-refractivity contribution < 1.29 is 38.5 Å². The Labute approximate surface area is 340 Å². The monoisotopic (exact) mass is 790 g/mol. The van der Waals surface area contributed by atoms with Gasteiger partial charge in [-0.2, -0.15) is 0 Å². The van der Waals surface area contributed by atoms with Crippen molar-refractivity contribution in [3.63, 3.8) is 0 Å². The average molecular weight is 791 g/mol. The molecule has 0 saturated carbocycles. The van der Waals surface area contributed by atoms with Crippen molar-refractivity contribution in [2.24, 2.45) is 0 Å². The molecule has 0 saturated heterocycles. The summed E-state index contributed by atoms with van der Waals surface area (Å²) < 4.78 is 17.3. The smallest absolute Gasteiger partial charge is 0.409 e. The molecule has 58 heavy (non-hydrogen) atoms. The van der Waals surface area contributed by atoms with Gasteiger partial charge in [0.15, 0.2) is 0 Å². The first kappa shape index (κ1) is 41.6. The Kier molecular flexibility index (Phi) is 13.9. The third-order valence-corrected chi connectivity index (χ3v) is 10.4. The number of carbonyl (C=O) groups excluding carboxylic acids is 3. The minimum Gasteiger partial charge on any atom is -0.465 e. The molecule has 0 bridgehead atoms. The average Bonchev–Trinajstić information content (AvgIpc) is 3.70. The highest BCUT2D eigenvalue weighted by Crippen LogP contribution is 2.45. The van der Waals surface area contributed by atoms with E-state index in [9.17, 15) is 19.2 Å². The predicted octanol–water partition coefficient (Wildman–Crippen LogP) is 8.84. The third-order valence-electron chi connectivity index (χ3n) is 10.4. The highest BCUT2D eigenvalue weighted by Gasteiger charge is 2.31. The number of carbonyl (C=O) groups is 4. The Bertz CT molecular complexity index is 1970. The summed E-state index contributed by atoms with van der Waals surface area (Å²) in [6.07, 6.45) is -0.566. The topological polar surface area (TPSA) is 147 Å². The molecule has 0 spiro atoms. The van der Waals surface area contributed by atoms with Crippen LogP contribution in [0.25, 0.3) is 22.3 Å². The summed E-state index contributed by atoms with van der Waals surface area (Å²) in [7, 11) is 0. The van der Waals surface area contributed by atoms with E-state index >= 15 is 0 Å². The molecule has 0 unspecified atom stereocenters. The van der Waals surface area contributed by atoms with Gasteiger partial charge in [0.25, 0.3) is 0 Å². The molecule has 4 aromatic rings. The van der Waals surface area contributed by atoms with E-state index < -0.39 is 30.0 Å². The maximum atomic E-state index is 13.7. The fraction of sp³-hybridized carbons (Fsp3) is 0.391. The first-order valence-corrected chi connectivity index (χ1v) is 20.1. The summed E-state index contributed by atoms with van der Waals surface area (Å²) in [6, 6.07) is 32.7. The molecular formula is C46H54N4O8. The number of nitrogens with zero attached hydrogens (tertiary/aromatic N) is 2. The molecule has 0 aromatic heterocycles. The van der Waals surface area contributed by atoms with E-state index in [1.54, 1.807) is 30.6 Å². The highest BCUT2D eigenvalue weighted by molar-refractivity contribution is 5.80. The Morgan fingerprint density at radius 1 is 0.552 bits per heavy atom. The van der Waals surface area contributed by atoms with Gasteiger partial charge in [0.2, 0.25) is 0 Å². The van der Waals surface area contributed by atoms with Crippen molar-refractivity contribution in [3.8, 4) is 22.3 Å². The molecule has 6 rings (SSSR count). The van der Waals surface area contributed by atoms with Crippen molar-refractivity contribution in [2.75, 3.05) is 52.5 Å². The molecule has 0 fully saturated rings. The van der Waals surface area contributed by atoms with Gasteiger partial charge in [-0.1, -0.05) is 97.1 Å². The highest BCUT2D eigenvalue weighted by atomic mass is 16.6. The van der Waals surface area contributed by atoms with Crippen LogP contribution in [0.1, 0.15) is 80.5 Å². The lowest BCUT2D eigenvalue weighted by atomic mass is 9.98. The lowest BCUT2D eigenvalue weighted by Crippen LogP contribution is -2.38. The molecule has 12 nitrogen and oxygen atoms in total. The Balaban J connectivity index is 1.07. The summed E-state index contributed by atoms with van der Waals surface area (Å²) >= 11 is 0. The number of amides is 4. The molecule has 2 aliphatic carbocycles. The fourth-order valence-electron chi connectivity index (χ4n) is 7.80. The van der Waals surface area contributed by atoms with Crippen LogP contribution in [0.15, 0.2) is 97.1 Å². The molecule has 0 aliphatic heterocycles. The summed E-state index contributed by atoms with van der Waals surface area (Å²) in [5.41, 5.74) is 8.40. The van der Waals surface area contributed by atoms with Crippen molar-refractivity contribution in [1.29, 1.82) is 0 Å². The fourth-order valence-corrected chi connectivity index (χ4v) is 7.80. The Morgan fingerprint density at radius 3 is 1.26 bits per heavy atom. The number of hydrogen-bond acceptors (Lipinski definition) is 7. The van der Waals surface area contributed by atoms with Crippen LogP contribution in [0.3, 0.4) is 0 Å². The van der Waals surface area contributed by atoms with Gasteiger partial charge in [-0.15, -0.1) is 0 Å². The molecule has 4 amide bonds. The summed E-state index contributed by atoms with van der Waals surface area (Å²) in [4.78, 5) is 54.0. The van der Waals surface area contributed by atoms with E-state index in [1.807, 2.05) is 48.5 Å². The SMILES string of the molecule is CC(C)(C)OC(=O)NCCCN(CCCCN(CCCNC(=O)O)C(=O)OCC1c2ccccc2-c2ccccc21)C(=O)OCC1c2ccccc2-c2ccccc21. The second kappa shape index (κ2) is 19.4. The summed E-state index contributed by atoms with van der Waals surface area (Å²) in [6.45, 7) is 7.59. The first-order valence-electron chi connectivity index (χ1n) is 20.1. The standard InChI is InChI=1S/C46H54N4O8/c1-46(2,3)58-43(53)48-25-15-29-50(45(55)57-31-41-38-22-10-6-18-34(38)35-19-7-11-23-39(35)41)27-13-12-26-49(28-14-24-47-42(51)52)44(54)56-30-40-36-20-8-4-16-32(36)33-17-5-9-21-37(33)40/h4-11,16-23,40-41,47H,12-15,24-31H2,1-3H3,(H,48,53)(H,51,52). The second-order valence-corrected chi connectivity index (χ2v) is 15.7. The van der Waals surface area contributed by atoms with Gasteiger partial charge < -0.3 is 39.8 Å². The van der Waals surface area contributed by atoms with Crippen molar-refractivity contribution in [3.05, 3.63) is 119 Å². The van der Waals surface area contributed by atoms with Crippen LogP contribution in [0.4, 0.5) is 19.2 Å². The lowest BCUT2D eigenvalue weighted by molar-refractivity contribution is 0.0525. The van der Waals surface area contributed by atoms with Crippen LogP contribution in [0.2, 0.25) is 0 Å². The van der Waals surface area contributed by atoms with E-state index in [0.29, 0.717) is 58.4 Å². The normalized spacial score (nSPS) is 12.7.